The van der Waals surface area contributed by atoms with Crippen molar-refractivity contribution in [2.45, 2.75) is 25.2 Å². The van der Waals surface area contributed by atoms with Crippen LogP contribution in [0.1, 0.15) is 30.7 Å². The molecule has 2 aliphatic rings. The van der Waals surface area contributed by atoms with Crippen LogP contribution in [0.4, 0.5) is 0 Å². The van der Waals surface area contributed by atoms with Crippen LogP contribution in [0.2, 0.25) is 0 Å². The lowest BCUT2D eigenvalue weighted by Crippen LogP contribution is -2.42. The SMILES string of the molecule is CN(C)CCN1C[C@H](C(=O)N2CCC(c3cccc(O)c3)CC2)CC1=O. The average Bonchev–Trinajstić information content (AvgIpc) is 3.00. The van der Waals surface area contributed by atoms with E-state index < -0.39 is 0 Å². The number of carbonyl (C=O) groups is 2. The van der Waals surface area contributed by atoms with Gasteiger partial charge >= 0.3 is 0 Å². The maximum atomic E-state index is 12.8. The van der Waals surface area contributed by atoms with Crippen molar-refractivity contribution in [2.24, 2.45) is 5.92 Å². The lowest BCUT2D eigenvalue weighted by Gasteiger charge is -2.33. The number of amides is 2. The minimum absolute atomic E-state index is 0.0971. The number of carbonyl (C=O) groups excluding carboxylic acids is 2. The molecule has 0 aliphatic carbocycles. The molecule has 2 fully saturated rings. The summed E-state index contributed by atoms with van der Waals surface area (Å²) in [5.41, 5.74) is 1.14. The molecule has 2 aliphatic heterocycles. The van der Waals surface area contributed by atoms with Crippen LogP contribution < -0.4 is 0 Å². The smallest absolute Gasteiger partial charge is 0.227 e. The van der Waals surface area contributed by atoms with Crippen LogP contribution in [-0.4, -0.2) is 78.4 Å². The summed E-state index contributed by atoms with van der Waals surface area (Å²) in [5.74, 6) is 0.707. The molecule has 0 unspecified atom stereocenters. The zero-order valence-corrected chi connectivity index (χ0v) is 15.7. The van der Waals surface area contributed by atoms with Crippen molar-refractivity contribution < 1.29 is 14.7 Å². The number of hydrogen-bond donors (Lipinski definition) is 1. The zero-order valence-electron chi connectivity index (χ0n) is 15.7. The zero-order chi connectivity index (χ0) is 18.7. The average molecular weight is 359 g/mol. The Morgan fingerprint density at radius 1 is 1.27 bits per heavy atom. The number of likely N-dealkylation sites (N-methyl/N-ethyl adjacent to an activating group) is 1. The van der Waals surface area contributed by atoms with Crippen molar-refractivity contribution in [1.82, 2.24) is 14.7 Å². The molecule has 142 valence electrons. The molecule has 3 rings (SSSR count). The van der Waals surface area contributed by atoms with E-state index in [1.165, 1.54) is 0 Å². The van der Waals surface area contributed by atoms with Crippen molar-refractivity contribution >= 4 is 11.8 Å². The Kier molecular flexibility index (Phi) is 5.81. The minimum Gasteiger partial charge on any atom is -0.508 e. The van der Waals surface area contributed by atoms with Crippen LogP contribution in [0.3, 0.4) is 0 Å². The minimum atomic E-state index is -0.193. The number of phenolic OH excluding ortho intramolecular Hbond substituents is 1. The molecule has 2 saturated heterocycles. The van der Waals surface area contributed by atoms with Crippen LogP contribution in [0.15, 0.2) is 24.3 Å². The number of benzene rings is 1. The van der Waals surface area contributed by atoms with E-state index >= 15 is 0 Å². The highest BCUT2D eigenvalue weighted by molar-refractivity contribution is 5.89. The molecular formula is C20H29N3O3. The molecule has 1 atom stereocenters. The van der Waals surface area contributed by atoms with Crippen molar-refractivity contribution in [3.8, 4) is 5.75 Å². The molecule has 1 N–H and O–H groups in total. The molecule has 0 radical (unpaired) electrons. The molecular weight excluding hydrogens is 330 g/mol. The quantitative estimate of drug-likeness (QED) is 0.866. The number of aromatic hydroxyl groups is 1. The second-order valence-electron chi connectivity index (χ2n) is 7.74. The summed E-state index contributed by atoms with van der Waals surface area (Å²) in [4.78, 5) is 30.8. The van der Waals surface area contributed by atoms with Crippen LogP contribution in [0.25, 0.3) is 0 Å². The van der Waals surface area contributed by atoms with Gasteiger partial charge in [0.15, 0.2) is 0 Å². The molecule has 0 spiro atoms. The van der Waals surface area contributed by atoms with Gasteiger partial charge < -0.3 is 19.8 Å². The second kappa shape index (κ2) is 8.08. The highest BCUT2D eigenvalue weighted by Gasteiger charge is 2.37. The van der Waals surface area contributed by atoms with Gasteiger partial charge in [0.2, 0.25) is 11.8 Å². The predicted octanol–water partition coefficient (Wildman–Crippen LogP) is 1.51. The standard InChI is InChI=1S/C20H29N3O3/c1-21(2)10-11-23-14-17(13-19(23)25)20(26)22-8-6-15(7-9-22)16-4-3-5-18(24)12-16/h3-5,12,15,17,24H,6-11,13-14H2,1-2H3/t17-/m1/s1. The highest BCUT2D eigenvalue weighted by Crippen LogP contribution is 2.31. The largest absolute Gasteiger partial charge is 0.508 e. The van der Waals surface area contributed by atoms with Gasteiger partial charge in [0.25, 0.3) is 0 Å². The fraction of sp³-hybridized carbons (Fsp3) is 0.600. The summed E-state index contributed by atoms with van der Waals surface area (Å²) in [5, 5.41) is 9.65. The summed E-state index contributed by atoms with van der Waals surface area (Å²) in [6.07, 6.45) is 2.15. The molecule has 2 heterocycles. The van der Waals surface area contributed by atoms with E-state index in [0.717, 1.165) is 38.0 Å². The first-order valence-electron chi connectivity index (χ1n) is 9.44. The van der Waals surface area contributed by atoms with Gasteiger partial charge in [0, 0.05) is 39.1 Å². The Hall–Kier alpha value is -2.08. The van der Waals surface area contributed by atoms with Gasteiger partial charge in [-0.15, -0.1) is 0 Å². The maximum absolute atomic E-state index is 12.8. The maximum Gasteiger partial charge on any atom is 0.227 e. The summed E-state index contributed by atoms with van der Waals surface area (Å²) < 4.78 is 0. The van der Waals surface area contributed by atoms with Gasteiger partial charge in [0.05, 0.1) is 5.92 Å². The molecule has 1 aromatic rings. The lowest BCUT2D eigenvalue weighted by atomic mass is 9.89. The van der Waals surface area contributed by atoms with E-state index in [4.69, 9.17) is 0 Å². The van der Waals surface area contributed by atoms with Crippen LogP contribution in [0.5, 0.6) is 5.75 Å². The Bertz CT molecular complexity index is 653. The molecule has 26 heavy (non-hydrogen) atoms. The normalized spacial score (nSPS) is 21.7. The van der Waals surface area contributed by atoms with Gasteiger partial charge in [-0.25, -0.2) is 0 Å². The lowest BCUT2D eigenvalue weighted by molar-refractivity contribution is -0.136. The third-order valence-electron chi connectivity index (χ3n) is 5.53. The third-order valence-corrected chi connectivity index (χ3v) is 5.53. The van der Waals surface area contributed by atoms with Gasteiger partial charge in [-0.05, 0) is 50.6 Å². The molecule has 0 saturated carbocycles. The van der Waals surface area contributed by atoms with E-state index in [9.17, 15) is 14.7 Å². The summed E-state index contributed by atoms with van der Waals surface area (Å²) in [6.45, 7) is 3.51. The summed E-state index contributed by atoms with van der Waals surface area (Å²) >= 11 is 0. The van der Waals surface area contributed by atoms with E-state index in [2.05, 4.69) is 4.90 Å². The molecule has 6 nitrogen and oxygen atoms in total. The van der Waals surface area contributed by atoms with Crippen molar-refractivity contribution in [1.29, 1.82) is 0 Å². The summed E-state index contributed by atoms with van der Waals surface area (Å²) in [6, 6.07) is 7.41. The van der Waals surface area contributed by atoms with Gasteiger partial charge in [-0.3, -0.25) is 9.59 Å². The Labute approximate surface area is 155 Å². The molecule has 6 heteroatoms. The monoisotopic (exact) mass is 359 g/mol. The van der Waals surface area contributed by atoms with Gasteiger partial charge in [-0.1, -0.05) is 12.1 Å². The fourth-order valence-electron chi connectivity index (χ4n) is 3.94. The van der Waals surface area contributed by atoms with Crippen molar-refractivity contribution in [2.75, 3.05) is 46.8 Å². The number of phenols is 1. The second-order valence-corrected chi connectivity index (χ2v) is 7.74. The third kappa shape index (κ3) is 4.36. The first-order valence-corrected chi connectivity index (χ1v) is 9.44. The van der Waals surface area contributed by atoms with Crippen LogP contribution in [-0.2, 0) is 9.59 Å². The van der Waals surface area contributed by atoms with Gasteiger partial charge in [0.1, 0.15) is 5.75 Å². The first-order chi connectivity index (χ1) is 12.4. The fourth-order valence-corrected chi connectivity index (χ4v) is 3.94. The molecule has 0 bridgehead atoms. The van der Waals surface area contributed by atoms with E-state index in [1.54, 1.807) is 6.07 Å². The topological polar surface area (TPSA) is 64.1 Å². The van der Waals surface area contributed by atoms with Crippen LogP contribution in [0, 0.1) is 5.92 Å². The Morgan fingerprint density at radius 2 is 2.00 bits per heavy atom. The Morgan fingerprint density at radius 3 is 2.65 bits per heavy atom. The predicted molar refractivity (Wildman–Crippen MR) is 99.9 cm³/mol. The van der Waals surface area contributed by atoms with Crippen LogP contribution >= 0.6 is 0 Å². The van der Waals surface area contributed by atoms with E-state index in [-0.39, 0.29) is 17.7 Å². The number of nitrogens with zero attached hydrogens (tertiary/aromatic N) is 3. The highest BCUT2D eigenvalue weighted by atomic mass is 16.3. The number of piperidine rings is 1. The van der Waals surface area contributed by atoms with E-state index in [1.807, 2.05) is 42.1 Å². The molecule has 1 aromatic carbocycles. The Balaban J connectivity index is 1.51. The number of likely N-dealkylation sites (tertiary alicyclic amines) is 2. The first kappa shape index (κ1) is 18.7. The summed E-state index contributed by atoms with van der Waals surface area (Å²) in [7, 11) is 3.97. The number of hydrogen-bond acceptors (Lipinski definition) is 4. The molecule has 0 aromatic heterocycles. The van der Waals surface area contributed by atoms with E-state index in [0.29, 0.717) is 31.2 Å². The number of rotatable bonds is 5. The molecule has 2 amide bonds. The van der Waals surface area contributed by atoms with Crippen molar-refractivity contribution in [3.05, 3.63) is 29.8 Å². The van der Waals surface area contributed by atoms with Gasteiger partial charge in [-0.2, -0.15) is 0 Å². The van der Waals surface area contributed by atoms with Crippen molar-refractivity contribution in [3.63, 3.8) is 0 Å².